The van der Waals surface area contributed by atoms with Gasteiger partial charge in [-0.05, 0) is 24.6 Å². The number of benzene rings is 1. The van der Waals surface area contributed by atoms with Crippen molar-refractivity contribution in [3.63, 3.8) is 0 Å². The van der Waals surface area contributed by atoms with Crippen LogP contribution in [-0.4, -0.2) is 23.2 Å². The normalized spacial score (nSPS) is 10.2. The average molecular weight is 308 g/mol. The fraction of sp³-hybridized carbons (Fsp3) is 0.200. The summed E-state index contributed by atoms with van der Waals surface area (Å²) in [5, 5.41) is 9.52. The zero-order chi connectivity index (χ0) is 15.4. The summed E-state index contributed by atoms with van der Waals surface area (Å²) in [6.45, 7) is 2.05. The molecule has 0 spiro atoms. The topological polar surface area (TPSA) is 68.7 Å². The van der Waals surface area contributed by atoms with E-state index in [2.05, 4.69) is 4.98 Å². The minimum atomic E-state index is -1.14. The van der Waals surface area contributed by atoms with E-state index in [1.807, 2.05) is 19.1 Å². The number of carboxylic acids is 1. The number of pyridine rings is 1. The number of methoxy groups -OCH3 is 1. The van der Waals surface area contributed by atoms with Crippen LogP contribution in [0, 0.1) is 6.92 Å². The molecule has 0 aliphatic heterocycles. The second-order valence-electron chi connectivity index (χ2n) is 4.35. The van der Waals surface area contributed by atoms with Crippen molar-refractivity contribution in [2.24, 2.45) is 0 Å². The number of aryl methyl sites for hydroxylation is 1. The van der Waals surface area contributed by atoms with Gasteiger partial charge in [0.2, 0.25) is 0 Å². The van der Waals surface area contributed by atoms with Crippen LogP contribution in [0.25, 0.3) is 0 Å². The van der Waals surface area contributed by atoms with E-state index in [1.54, 1.807) is 6.20 Å². The van der Waals surface area contributed by atoms with Gasteiger partial charge in [0, 0.05) is 17.3 Å². The molecule has 2 rings (SSSR count). The number of halogens is 1. The molecule has 110 valence electrons. The first-order chi connectivity index (χ1) is 10.0. The van der Waals surface area contributed by atoms with Gasteiger partial charge in [0.1, 0.15) is 12.2 Å². The van der Waals surface area contributed by atoms with Crippen LogP contribution < -0.4 is 9.47 Å². The summed E-state index contributed by atoms with van der Waals surface area (Å²) in [7, 11) is 1.43. The molecule has 0 saturated heterocycles. The molecule has 1 aromatic heterocycles. The maximum absolute atomic E-state index is 11.3. The second kappa shape index (κ2) is 6.45. The number of carboxylic acid groups (broad SMARTS) is 1. The van der Waals surface area contributed by atoms with Crippen LogP contribution in [0.5, 0.6) is 11.5 Å². The van der Waals surface area contributed by atoms with Crippen LogP contribution in [0.2, 0.25) is 5.02 Å². The fourth-order valence-electron chi connectivity index (χ4n) is 1.84. The maximum atomic E-state index is 11.3. The van der Waals surface area contributed by atoms with Gasteiger partial charge in [-0.3, -0.25) is 4.98 Å². The van der Waals surface area contributed by atoms with Crippen LogP contribution in [0.4, 0.5) is 0 Å². The van der Waals surface area contributed by atoms with Gasteiger partial charge in [-0.25, -0.2) is 4.79 Å². The molecule has 0 bridgehead atoms. The molecule has 1 N–H and O–H groups in total. The van der Waals surface area contributed by atoms with Gasteiger partial charge in [0.25, 0.3) is 0 Å². The van der Waals surface area contributed by atoms with Gasteiger partial charge >= 0.3 is 5.97 Å². The molecule has 0 aliphatic rings. The zero-order valence-corrected chi connectivity index (χ0v) is 12.3. The Balaban J connectivity index is 2.34. The van der Waals surface area contributed by atoms with Gasteiger partial charge in [0.15, 0.2) is 11.5 Å². The number of carbonyl (C=O) groups is 1. The Bertz CT molecular complexity index is 673. The van der Waals surface area contributed by atoms with Crippen molar-refractivity contribution in [3.8, 4) is 11.5 Å². The van der Waals surface area contributed by atoms with Crippen molar-refractivity contribution in [3.05, 3.63) is 52.3 Å². The number of aromatic carboxylic acids is 1. The number of hydrogen-bond donors (Lipinski definition) is 1. The Morgan fingerprint density at radius 3 is 2.81 bits per heavy atom. The first-order valence-corrected chi connectivity index (χ1v) is 6.55. The van der Waals surface area contributed by atoms with Crippen LogP contribution in [0.1, 0.15) is 21.6 Å². The Morgan fingerprint density at radius 2 is 2.19 bits per heavy atom. The molecule has 5 nitrogen and oxygen atoms in total. The van der Waals surface area contributed by atoms with Crippen LogP contribution in [-0.2, 0) is 6.61 Å². The van der Waals surface area contributed by atoms with E-state index in [4.69, 9.17) is 21.1 Å². The smallest absolute Gasteiger partial charge is 0.339 e. The highest BCUT2D eigenvalue weighted by atomic mass is 35.5. The quantitative estimate of drug-likeness (QED) is 0.917. The second-order valence-corrected chi connectivity index (χ2v) is 4.78. The van der Waals surface area contributed by atoms with Crippen LogP contribution in [0.15, 0.2) is 30.5 Å². The predicted molar refractivity (Wildman–Crippen MR) is 78.3 cm³/mol. The van der Waals surface area contributed by atoms with E-state index in [0.717, 1.165) is 11.3 Å². The first-order valence-electron chi connectivity index (χ1n) is 6.17. The summed E-state index contributed by atoms with van der Waals surface area (Å²) in [4.78, 5) is 15.5. The standard InChI is InChI=1S/C15H14ClNO4/c1-9-4-3-5-17-12(9)8-21-14-11(15(18)19)6-10(16)7-13(14)20-2/h3-7H,8H2,1-2H3,(H,18,19). The molecular formula is C15H14ClNO4. The van der Waals surface area contributed by atoms with Gasteiger partial charge in [0.05, 0.1) is 12.8 Å². The van der Waals surface area contributed by atoms with Gasteiger partial charge in [-0.2, -0.15) is 0 Å². The average Bonchev–Trinajstić information content (AvgIpc) is 2.46. The monoisotopic (exact) mass is 307 g/mol. The molecule has 0 amide bonds. The van der Waals surface area contributed by atoms with E-state index in [-0.39, 0.29) is 28.7 Å². The minimum absolute atomic E-state index is 0.0482. The number of rotatable bonds is 5. The number of ether oxygens (including phenoxy) is 2. The molecule has 0 radical (unpaired) electrons. The van der Waals surface area contributed by atoms with E-state index < -0.39 is 5.97 Å². The molecule has 21 heavy (non-hydrogen) atoms. The predicted octanol–water partition coefficient (Wildman–Crippen LogP) is 3.33. The van der Waals surface area contributed by atoms with E-state index in [0.29, 0.717) is 0 Å². The number of nitrogens with zero attached hydrogens (tertiary/aromatic N) is 1. The van der Waals surface area contributed by atoms with Gasteiger partial charge in [-0.1, -0.05) is 17.7 Å². The van der Waals surface area contributed by atoms with E-state index >= 15 is 0 Å². The first kappa shape index (κ1) is 15.1. The maximum Gasteiger partial charge on any atom is 0.339 e. The lowest BCUT2D eigenvalue weighted by Gasteiger charge is -2.14. The third-order valence-corrected chi connectivity index (χ3v) is 3.16. The third kappa shape index (κ3) is 3.44. The Hall–Kier alpha value is -2.27. The van der Waals surface area contributed by atoms with Crippen molar-refractivity contribution in [2.75, 3.05) is 7.11 Å². The third-order valence-electron chi connectivity index (χ3n) is 2.94. The number of aromatic nitrogens is 1. The summed E-state index contributed by atoms with van der Waals surface area (Å²) < 4.78 is 10.8. The summed E-state index contributed by atoms with van der Waals surface area (Å²) in [5.74, 6) is -0.725. The molecule has 6 heteroatoms. The highest BCUT2D eigenvalue weighted by Gasteiger charge is 2.18. The zero-order valence-electron chi connectivity index (χ0n) is 11.6. The lowest BCUT2D eigenvalue weighted by atomic mass is 10.2. The molecule has 0 unspecified atom stereocenters. The largest absolute Gasteiger partial charge is 0.493 e. The molecule has 2 aromatic rings. The summed E-state index contributed by atoms with van der Waals surface area (Å²) in [5.41, 5.74) is 1.64. The minimum Gasteiger partial charge on any atom is -0.493 e. The molecule has 0 saturated carbocycles. The molecular weight excluding hydrogens is 294 g/mol. The molecule has 1 heterocycles. The molecule has 0 aliphatic carbocycles. The molecule has 0 fully saturated rings. The van der Waals surface area contributed by atoms with Crippen LogP contribution >= 0.6 is 11.6 Å². The summed E-state index contributed by atoms with van der Waals surface area (Å²) in [6, 6.07) is 6.56. The Kier molecular flexibility index (Phi) is 4.65. The SMILES string of the molecule is COc1cc(Cl)cc(C(=O)O)c1OCc1ncccc1C. The van der Waals surface area contributed by atoms with Gasteiger partial charge in [-0.15, -0.1) is 0 Å². The van der Waals surface area contributed by atoms with E-state index in [1.165, 1.54) is 19.2 Å². The lowest BCUT2D eigenvalue weighted by Crippen LogP contribution is -2.07. The summed E-state index contributed by atoms with van der Waals surface area (Å²) in [6.07, 6.45) is 1.66. The molecule has 0 atom stereocenters. The fourth-order valence-corrected chi connectivity index (χ4v) is 2.05. The Morgan fingerprint density at radius 1 is 1.43 bits per heavy atom. The van der Waals surface area contributed by atoms with Crippen molar-refractivity contribution in [1.82, 2.24) is 4.98 Å². The van der Waals surface area contributed by atoms with Crippen LogP contribution in [0.3, 0.4) is 0 Å². The van der Waals surface area contributed by atoms with Crippen molar-refractivity contribution >= 4 is 17.6 Å². The van der Waals surface area contributed by atoms with Gasteiger partial charge < -0.3 is 14.6 Å². The van der Waals surface area contributed by atoms with E-state index in [9.17, 15) is 9.90 Å². The molecule has 1 aromatic carbocycles. The highest BCUT2D eigenvalue weighted by molar-refractivity contribution is 6.31. The lowest BCUT2D eigenvalue weighted by molar-refractivity contribution is 0.0690. The number of hydrogen-bond acceptors (Lipinski definition) is 4. The summed E-state index contributed by atoms with van der Waals surface area (Å²) >= 11 is 5.88. The Labute approximate surface area is 127 Å². The van der Waals surface area contributed by atoms with Crippen molar-refractivity contribution in [2.45, 2.75) is 13.5 Å². The van der Waals surface area contributed by atoms with Crippen molar-refractivity contribution in [1.29, 1.82) is 0 Å². The van der Waals surface area contributed by atoms with Crippen molar-refractivity contribution < 1.29 is 19.4 Å². The highest BCUT2D eigenvalue weighted by Crippen LogP contribution is 2.35.